The zero-order valence-corrected chi connectivity index (χ0v) is 14.2. The summed E-state index contributed by atoms with van der Waals surface area (Å²) in [6.45, 7) is 1.74. The molecule has 0 bridgehead atoms. The summed E-state index contributed by atoms with van der Waals surface area (Å²) in [5.41, 5.74) is 1.06. The fourth-order valence-corrected chi connectivity index (χ4v) is 3.05. The highest BCUT2D eigenvalue weighted by molar-refractivity contribution is 7.99. The van der Waals surface area contributed by atoms with Crippen LogP contribution in [0, 0.1) is 17.6 Å². The van der Waals surface area contributed by atoms with Crippen molar-refractivity contribution in [1.29, 1.82) is 0 Å². The van der Waals surface area contributed by atoms with Gasteiger partial charge in [0.15, 0.2) is 17.4 Å². The Balaban J connectivity index is 1.62. The van der Waals surface area contributed by atoms with Crippen LogP contribution in [0.15, 0.2) is 60.0 Å². The molecule has 1 heterocycles. The van der Waals surface area contributed by atoms with E-state index in [1.165, 1.54) is 17.8 Å². The monoisotopic (exact) mass is 359 g/mol. The molecule has 0 saturated carbocycles. The number of thioether (sulfide) groups is 1. The van der Waals surface area contributed by atoms with Crippen LogP contribution < -0.4 is 0 Å². The number of carbonyl (C=O) groups is 1. The van der Waals surface area contributed by atoms with E-state index < -0.39 is 11.6 Å². The topological polar surface area (TPSA) is 47.8 Å². The number of carbonyl (C=O) groups excluding carboxylic acids is 1. The second kappa shape index (κ2) is 7.57. The number of nitrogens with zero attached hydrogens (tertiary/aromatic N) is 3. The van der Waals surface area contributed by atoms with Crippen LogP contribution in [0.2, 0.25) is 0 Å². The molecular formula is C18H15F2N3OS. The highest BCUT2D eigenvalue weighted by atomic mass is 32.2. The number of hydrogen-bond donors (Lipinski definition) is 0. The fraction of sp³-hybridized carbons (Fsp3) is 0.167. The maximum atomic E-state index is 13.3. The third-order valence-corrected chi connectivity index (χ3v) is 4.72. The van der Waals surface area contributed by atoms with Gasteiger partial charge in [-0.25, -0.2) is 18.4 Å². The van der Waals surface area contributed by atoms with Gasteiger partial charge in [0.2, 0.25) is 5.16 Å². The number of hydrogen-bond acceptors (Lipinski definition) is 4. The van der Waals surface area contributed by atoms with Gasteiger partial charge in [0.05, 0.1) is 5.69 Å². The van der Waals surface area contributed by atoms with Crippen molar-refractivity contribution in [3.63, 3.8) is 0 Å². The molecule has 0 unspecified atom stereocenters. The zero-order chi connectivity index (χ0) is 17.8. The van der Waals surface area contributed by atoms with E-state index in [0.717, 1.165) is 17.8 Å². The van der Waals surface area contributed by atoms with Crippen molar-refractivity contribution in [2.45, 2.75) is 12.1 Å². The van der Waals surface area contributed by atoms with E-state index in [1.807, 2.05) is 30.3 Å². The van der Waals surface area contributed by atoms with E-state index in [0.29, 0.717) is 10.9 Å². The lowest BCUT2D eigenvalue weighted by Gasteiger charge is -2.09. The van der Waals surface area contributed by atoms with Crippen LogP contribution in [0.25, 0.3) is 5.69 Å². The summed E-state index contributed by atoms with van der Waals surface area (Å²) < 4.78 is 27.9. The largest absolute Gasteiger partial charge is 0.294 e. The van der Waals surface area contributed by atoms with E-state index in [-0.39, 0.29) is 17.3 Å². The summed E-state index contributed by atoms with van der Waals surface area (Å²) in [6.07, 6.45) is 1.61. The first kappa shape index (κ1) is 17.3. The quantitative estimate of drug-likeness (QED) is 0.490. The maximum Gasteiger partial charge on any atom is 0.208 e. The smallest absolute Gasteiger partial charge is 0.208 e. The molecule has 0 radical (unpaired) electrons. The maximum absolute atomic E-state index is 13.3. The standard InChI is InChI=1S/C18H15F2N3OS/c1-12(17(24)13-7-8-15(19)16(20)9-13)10-25-18-21-11-23(22-18)14-5-3-2-4-6-14/h2-9,11-12H,10H2,1H3/t12-/m0/s1. The van der Waals surface area contributed by atoms with E-state index in [9.17, 15) is 13.6 Å². The SMILES string of the molecule is C[C@@H](CSc1ncn(-c2ccccc2)n1)C(=O)c1ccc(F)c(F)c1. The Morgan fingerprint density at radius 2 is 1.92 bits per heavy atom. The molecule has 0 N–H and O–H groups in total. The van der Waals surface area contributed by atoms with E-state index in [2.05, 4.69) is 10.1 Å². The third-order valence-electron chi connectivity index (χ3n) is 3.61. The first-order chi connectivity index (χ1) is 12.0. The van der Waals surface area contributed by atoms with Crippen molar-refractivity contribution in [3.8, 4) is 5.69 Å². The van der Waals surface area contributed by atoms with E-state index >= 15 is 0 Å². The first-order valence-corrected chi connectivity index (χ1v) is 8.62. The van der Waals surface area contributed by atoms with Gasteiger partial charge in [0, 0.05) is 17.2 Å². The molecule has 3 rings (SSSR count). The number of Topliss-reactive ketones (excluding diaryl/α,β-unsaturated/α-hetero) is 1. The Kier molecular flexibility index (Phi) is 5.23. The van der Waals surface area contributed by atoms with Crippen LogP contribution in [-0.2, 0) is 0 Å². The summed E-state index contributed by atoms with van der Waals surface area (Å²) in [5, 5.41) is 4.91. The Bertz CT molecular complexity index is 883. The molecule has 0 amide bonds. The second-order valence-electron chi connectivity index (χ2n) is 5.51. The van der Waals surface area contributed by atoms with Crippen LogP contribution >= 0.6 is 11.8 Å². The van der Waals surface area contributed by atoms with E-state index in [4.69, 9.17) is 0 Å². The molecule has 3 aromatic rings. The Morgan fingerprint density at radius 3 is 2.64 bits per heavy atom. The van der Waals surface area contributed by atoms with Gasteiger partial charge < -0.3 is 0 Å². The van der Waals surface area contributed by atoms with Gasteiger partial charge in [-0.1, -0.05) is 36.9 Å². The first-order valence-electron chi connectivity index (χ1n) is 7.64. The van der Waals surface area contributed by atoms with Gasteiger partial charge in [-0.05, 0) is 30.3 Å². The molecule has 25 heavy (non-hydrogen) atoms. The van der Waals surface area contributed by atoms with Crippen molar-refractivity contribution in [1.82, 2.24) is 14.8 Å². The lowest BCUT2D eigenvalue weighted by Crippen LogP contribution is -2.14. The average molecular weight is 359 g/mol. The number of halogens is 2. The zero-order valence-electron chi connectivity index (χ0n) is 13.4. The third kappa shape index (κ3) is 4.11. The molecule has 7 heteroatoms. The molecule has 1 atom stereocenters. The number of rotatable bonds is 6. The van der Waals surface area contributed by atoms with Gasteiger partial charge in [-0.2, -0.15) is 0 Å². The molecule has 0 fully saturated rings. The predicted octanol–water partition coefficient (Wildman–Crippen LogP) is 4.16. The lowest BCUT2D eigenvalue weighted by atomic mass is 10.0. The van der Waals surface area contributed by atoms with Crippen LogP contribution in [0.1, 0.15) is 17.3 Å². The van der Waals surface area contributed by atoms with Gasteiger partial charge in [0.1, 0.15) is 6.33 Å². The molecule has 0 spiro atoms. The summed E-state index contributed by atoms with van der Waals surface area (Å²) in [6, 6.07) is 12.8. The minimum absolute atomic E-state index is 0.162. The van der Waals surface area contributed by atoms with Gasteiger partial charge in [-0.3, -0.25) is 4.79 Å². The number of benzene rings is 2. The normalized spacial score (nSPS) is 12.1. The molecular weight excluding hydrogens is 344 g/mol. The molecule has 0 aliphatic heterocycles. The number of ketones is 1. The molecule has 2 aromatic carbocycles. The van der Waals surface area contributed by atoms with Gasteiger partial charge >= 0.3 is 0 Å². The molecule has 4 nitrogen and oxygen atoms in total. The highest BCUT2D eigenvalue weighted by Gasteiger charge is 2.18. The predicted molar refractivity (Wildman–Crippen MR) is 91.9 cm³/mol. The Morgan fingerprint density at radius 1 is 1.16 bits per heavy atom. The summed E-state index contributed by atoms with van der Waals surface area (Å²) >= 11 is 1.34. The molecule has 128 valence electrons. The molecule has 0 aliphatic carbocycles. The van der Waals surface area contributed by atoms with Crippen LogP contribution in [0.3, 0.4) is 0 Å². The minimum Gasteiger partial charge on any atom is -0.294 e. The lowest BCUT2D eigenvalue weighted by molar-refractivity contribution is 0.0941. The molecule has 1 aromatic heterocycles. The average Bonchev–Trinajstić information content (AvgIpc) is 3.11. The highest BCUT2D eigenvalue weighted by Crippen LogP contribution is 2.21. The van der Waals surface area contributed by atoms with Crippen molar-refractivity contribution < 1.29 is 13.6 Å². The minimum atomic E-state index is -1.02. The van der Waals surface area contributed by atoms with Crippen LogP contribution in [-0.4, -0.2) is 26.3 Å². The van der Waals surface area contributed by atoms with Gasteiger partial charge in [0.25, 0.3) is 0 Å². The Hall–Kier alpha value is -2.54. The summed E-state index contributed by atoms with van der Waals surface area (Å²) in [7, 11) is 0. The van der Waals surface area contributed by atoms with Gasteiger partial charge in [-0.15, -0.1) is 5.10 Å². The van der Waals surface area contributed by atoms with Crippen molar-refractivity contribution in [3.05, 3.63) is 72.1 Å². The summed E-state index contributed by atoms with van der Waals surface area (Å²) in [5.74, 6) is -2.16. The van der Waals surface area contributed by atoms with Crippen LogP contribution in [0.5, 0.6) is 0 Å². The molecule has 0 aliphatic rings. The second-order valence-corrected chi connectivity index (χ2v) is 6.50. The fourth-order valence-electron chi connectivity index (χ4n) is 2.23. The molecule has 0 saturated heterocycles. The van der Waals surface area contributed by atoms with Crippen molar-refractivity contribution in [2.75, 3.05) is 5.75 Å². The van der Waals surface area contributed by atoms with Crippen LogP contribution in [0.4, 0.5) is 8.78 Å². The van der Waals surface area contributed by atoms with Crippen molar-refractivity contribution >= 4 is 17.5 Å². The van der Waals surface area contributed by atoms with E-state index in [1.54, 1.807) is 17.9 Å². The Labute approximate surface area is 147 Å². The van der Waals surface area contributed by atoms with Crippen molar-refractivity contribution in [2.24, 2.45) is 5.92 Å². The number of para-hydroxylation sites is 1. The summed E-state index contributed by atoms with van der Waals surface area (Å²) in [4.78, 5) is 16.5. The number of aromatic nitrogens is 3.